The van der Waals surface area contributed by atoms with Crippen LogP contribution in [0.4, 0.5) is 0 Å². The standard InChI is InChI=1S/C13H17BrN2O2/c1-3-10(2)16-13(17)9-18-15-8-11-6-4-5-7-12(11)14/h4-8,10H,3,9H2,1-2H3,(H,16,17)/b15-8-/t10-/m1/s1. The molecule has 0 unspecified atom stereocenters. The summed E-state index contributed by atoms with van der Waals surface area (Å²) >= 11 is 3.39. The van der Waals surface area contributed by atoms with Crippen molar-refractivity contribution in [3.63, 3.8) is 0 Å². The molecule has 1 atom stereocenters. The second-order valence-corrected chi connectivity index (χ2v) is 4.76. The largest absolute Gasteiger partial charge is 0.386 e. The maximum absolute atomic E-state index is 11.4. The van der Waals surface area contributed by atoms with Gasteiger partial charge >= 0.3 is 0 Å². The molecular formula is C13H17BrN2O2. The summed E-state index contributed by atoms with van der Waals surface area (Å²) in [6, 6.07) is 7.80. The number of nitrogens with one attached hydrogen (secondary N) is 1. The highest BCUT2D eigenvalue weighted by atomic mass is 79.9. The number of oxime groups is 1. The van der Waals surface area contributed by atoms with Crippen LogP contribution in [0.3, 0.4) is 0 Å². The number of amides is 1. The second-order valence-electron chi connectivity index (χ2n) is 3.91. The van der Waals surface area contributed by atoms with Crippen LogP contribution < -0.4 is 5.32 Å². The van der Waals surface area contributed by atoms with E-state index >= 15 is 0 Å². The maximum atomic E-state index is 11.4. The second kappa shape index (κ2) is 7.87. The lowest BCUT2D eigenvalue weighted by molar-refractivity contribution is -0.126. The topological polar surface area (TPSA) is 50.7 Å². The molecule has 0 heterocycles. The van der Waals surface area contributed by atoms with Gasteiger partial charge in [0.15, 0.2) is 6.61 Å². The lowest BCUT2D eigenvalue weighted by Gasteiger charge is -2.09. The summed E-state index contributed by atoms with van der Waals surface area (Å²) < 4.78 is 0.932. The number of carbonyl (C=O) groups excluding carboxylic acids is 1. The highest BCUT2D eigenvalue weighted by molar-refractivity contribution is 9.10. The van der Waals surface area contributed by atoms with E-state index in [2.05, 4.69) is 26.4 Å². The van der Waals surface area contributed by atoms with Crippen LogP contribution in [0.15, 0.2) is 33.9 Å². The molecule has 0 bridgehead atoms. The summed E-state index contributed by atoms with van der Waals surface area (Å²) in [7, 11) is 0. The van der Waals surface area contributed by atoms with Crippen molar-refractivity contribution in [2.75, 3.05) is 6.61 Å². The van der Waals surface area contributed by atoms with E-state index in [-0.39, 0.29) is 18.6 Å². The third-order valence-electron chi connectivity index (χ3n) is 2.39. The summed E-state index contributed by atoms with van der Waals surface area (Å²) in [6.07, 6.45) is 2.46. The maximum Gasteiger partial charge on any atom is 0.260 e. The number of hydrogen-bond acceptors (Lipinski definition) is 3. The van der Waals surface area contributed by atoms with Crippen molar-refractivity contribution in [1.29, 1.82) is 0 Å². The molecule has 0 fully saturated rings. The Hall–Kier alpha value is -1.36. The van der Waals surface area contributed by atoms with Crippen molar-refractivity contribution in [2.24, 2.45) is 5.16 Å². The SMILES string of the molecule is CC[C@@H](C)NC(=O)CO/N=C\c1ccccc1Br. The monoisotopic (exact) mass is 312 g/mol. The van der Waals surface area contributed by atoms with Crippen LogP contribution in [0.25, 0.3) is 0 Å². The van der Waals surface area contributed by atoms with Crippen LogP contribution in [0.1, 0.15) is 25.8 Å². The normalized spacial score (nSPS) is 12.4. The van der Waals surface area contributed by atoms with Crippen molar-refractivity contribution < 1.29 is 9.63 Å². The minimum atomic E-state index is -0.159. The van der Waals surface area contributed by atoms with Gasteiger partial charge in [-0.2, -0.15) is 0 Å². The third-order valence-corrected chi connectivity index (χ3v) is 3.11. The number of nitrogens with zero attached hydrogens (tertiary/aromatic N) is 1. The zero-order valence-electron chi connectivity index (χ0n) is 10.5. The molecule has 0 saturated carbocycles. The van der Waals surface area contributed by atoms with Crippen LogP contribution in [0, 0.1) is 0 Å². The van der Waals surface area contributed by atoms with E-state index < -0.39 is 0 Å². The van der Waals surface area contributed by atoms with Crippen LogP contribution >= 0.6 is 15.9 Å². The Balaban J connectivity index is 2.34. The van der Waals surface area contributed by atoms with Gasteiger partial charge in [-0.15, -0.1) is 0 Å². The molecule has 1 aromatic carbocycles. The minimum absolute atomic E-state index is 0.0642. The lowest BCUT2D eigenvalue weighted by Crippen LogP contribution is -2.34. The van der Waals surface area contributed by atoms with E-state index in [1.165, 1.54) is 0 Å². The van der Waals surface area contributed by atoms with Crippen molar-refractivity contribution in [3.8, 4) is 0 Å². The first-order valence-corrected chi connectivity index (χ1v) is 6.62. The van der Waals surface area contributed by atoms with Crippen LogP contribution in [0.2, 0.25) is 0 Å². The summed E-state index contributed by atoms with van der Waals surface area (Å²) in [5, 5.41) is 6.55. The Morgan fingerprint density at radius 2 is 2.28 bits per heavy atom. The summed E-state index contributed by atoms with van der Waals surface area (Å²) in [6.45, 7) is 3.89. The molecule has 0 radical (unpaired) electrons. The Labute approximate surface area is 116 Å². The van der Waals surface area contributed by atoms with Gasteiger partial charge in [-0.25, -0.2) is 0 Å². The number of rotatable bonds is 6. The van der Waals surface area contributed by atoms with Gasteiger partial charge in [-0.1, -0.05) is 46.2 Å². The quantitative estimate of drug-likeness (QED) is 0.648. The van der Waals surface area contributed by atoms with E-state index in [4.69, 9.17) is 4.84 Å². The van der Waals surface area contributed by atoms with Gasteiger partial charge in [-0.3, -0.25) is 4.79 Å². The smallest absolute Gasteiger partial charge is 0.260 e. The summed E-state index contributed by atoms with van der Waals surface area (Å²) in [5.74, 6) is -0.159. The molecule has 1 N–H and O–H groups in total. The molecule has 1 aromatic rings. The van der Waals surface area contributed by atoms with Gasteiger partial charge < -0.3 is 10.2 Å². The van der Waals surface area contributed by atoms with Crippen molar-refractivity contribution in [3.05, 3.63) is 34.3 Å². The van der Waals surface area contributed by atoms with E-state index in [0.717, 1.165) is 16.5 Å². The Bertz CT molecular complexity index is 421. The molecule has 0 aliphatic rings. The Kier molecular flexibility index (Phi) is 6.43. The van der Waals surface area contributed by atoms with Gasteiger partial charge in [-0.05, 0) is 19.4 Å². The molecule has 4 nitrogen and oxygen atoms in total. The van der Waals surface area contributed by atoms with Gasteiger partial charge in [0.1, 0.15) is 0 Å². The third kappa shape index (κ3) is 5.31. The lowest BCUT2D eigenvalue weighted by atomic mass is 10.2. The van der Waals surface area contributed by atoms with Crippen LogP contribution in [0.5, 0.6) is 0 Å². The van der Waals surface area contributed by atoms with Crippen molar-refractivity contribution in [1.82, 2.24) is 5.32 Å². The molecule has 5 heteroatoms. The van der Waals surface area contributed by atoms with E-state index in [9.17, 15) is 4.79 Å². The van der Waals surface area contributed by atoms with E-state index in [1.807, 2.05) is 38.1 Å². The van der Waals surface area contributed by atoms with Crippen LogP contribution in [-0.4, -0.2) is 24.8 Å². The van der Waals surface area contributed by atoms with Gasteiger partial charge in [0.05, 0.1) is 6.21 Å². The molecule has 0 saturated heterocycles. The van der Waals surface area contributed by atoms with Gasteiger partial charge in [0.25, 0.3) is 5.91 Å². The molecule has 0 aromatic heterocycles. The highest BCUT2D eigenvalue weighted by Crippen LogP contribution is 2.13. The number of carbonyl (C=O) groups is 1. The first-order valence-electron chi connectivity index (χ1n) is 5.82. The van der Waals surface area contributed by atoms with Crippen molar-refractivity contribution in [2.45, 2.75) is 26.3 Å². The number of halogens is 1. The predicted octanol–water partition coefficient (Wildman–Crippen LogP) is 2.71. The molecule has 0 spiro atoms. The fourth-order valence-corrected chi connectivity index (χ4v) is 1.58. The average Bonchev–Trinajstić information content (AvgIpc) is 2.36. The van der Waals surface area contributed by atoms with E-state index in [1.54, 1.807) is 6.21 Å². The van der Waals surface area contributed by atoms with Gasteiger partial charge in [0, 0.05) is 16.1 Å². The van der Waals surface area contributed by atoms with Crippen molar-refractivity contribution >= 4 is 28.1 Å². The fourth-order valence-electron chi connectivity index (χ4n) is 1.19. The van der Waals surface area contributed by atoms with Gasteiger partial charge in [0.2, 0.25) is 0 Å². The summed E-state index contributed by atoms with van der Waals surface area (Å²) in [5.41, 5.74) is 0.903. The first-order chi connectivity index (χ1) is 8.63. The number of benzene rings is 1. The Morgan fingerprint density at radius 1 is 1.56 bits per heavy atom. The summed E-state index contributed by atoms with van der Waals surface area (Å²) in [4.78, 5) is 16.3. The predicted molar refractivity (Wildman–Crippen MR) is 75.6 cm³/mol. The first kappa shape index (κ1) is 14.7. The molecule has 0 aliphatic heterocycles. The van der Waals surface area contributed by atoms with Crippen LogP contribution in [-0.2, 0) is 9.63 Å². The molecule has 1 rings (SSSR count). The Morgan fingerprint density at radius 3 is 2.94 bits per heavy atom. The highest BCUT2D eigenvalue weighted by Gasteiger charge is 2.04. The zero-order chi connectivity index (χ0) is 13.4. The molecule has 0 aliphatic carbocycles. The number of hydrogen-bond donors (Lipinski definition) is 1. The molecular weight excluding hydrogens is 296 g/mol. The molecule has 18 heavy (non-hydrogen) atoms. The zero-order valence-corrected chi connectivity index (χ0v) is 12.1. The molecule has 98 valence electrons. The molecule has 1 amide bonds. The van der Waals surface area contributed by atoms with E-state index in [0.29, 0.717) is 0 Å². The minimum Gasteiger partial charge on any atom is -0.386 e. The fraction of sp³-hybridized carbons (Fsp3) is 0.385. The average molecular weight is 313 g/mol.